The minimum absolute atomic E-state index is 0.574. The molecule has 2 saturated heterocycles. The second-order valence-corrected chi connectivity index (χ2v) is 5.18. The summed E-state index contributed by atoms with van der Waals surface area (Å²) in [5.41, 5.74) is 0. The first-order chi connectivity index (χ1) is 7.81. The second kappa shape index (κ2) is 5.96. The minimum Gasteiger partial charge on any atom is -0.314 e. The summed E-state index contributed by atoms with van der Waals surface area (Å²) in [5.74, 6) is 0.793. The fraction of sp³-hybridized carbons (Fsp3) is 1.00. The normalized spacial score (nSPS) is 31.5. The van der Waals surface area contributed by atoms with Gasteiger partial charge in [-0.1, -0.05) is 0 Å². The summed E-state index contributed by atoms with van der Waals surface area (Å²) in [6.07, 6.45) is 3.30. The summed E-state index contributed by atoms with van der Waals surface area (Å²) < 4.78 is 0. The van der Waals surface area contributed by atoms with Crippen LogP contribution in [0.25, 0.3) is 0 Å². The van der Waals surface area contributed by atoms with Crippen LogP contribution in [0, 0.1) is 5.92 Å². The van der Waals surface area contributed by atoms with E-state index in [4.69, 9.17) is 0 Å². The number of rotatable bonds is 3. The zero-order valence-electron chi connectivity index (χ0n) is 10.7. The maximum Gasteiger partial charge on any atom is 0.0636 e. The van der Waals surface area contributed by atoms with Gasteiger partial charge in [0.25, 0.3) is 0 Å². The van der Waals surface area contributed by atoms with E-state index in [2.05, 4.69) is 34.5 Å². The maximum absolute atomic E-state index is 3.53. The van der Waals surface area contributed by atoms with Gasteiger partial charge >= 0.3 is 0 Å². The van der Waals surface area contributed by atoms with Crippen LogP contribution in [0.5, 0.6) is 0 Å². The maximum atomic E-state index is 3.53. The molecule has 4 heteroatoms. The average molecular weight is 226 g/mol. The van der Waals surface area contributed by atoms with Gasteiger partial charge in [-0.2, -0.15) is 0 Å². The standard InChI is InChI=1S/C12H26N4/c1-13-12(16-8-5-14-6-9-16)11-4-3-7-15(2)10-11/h11-14H,3-10H2,1-2H3. The highest BCUT2D eigenvalue weighted by Crippen LogP contribution is 2.21. The lowest BCUT2D eigenvalue weighted by molar-refractivity contribution is 0.0630. The molecule has 2 unspecified atom stereocenters. The number of nitrogens with zero attached hydrogens (tertiary/aromatic N) is 2. The van der Waals surface area contributed by atoms with Gasteiger partial charge in [0.2, 0.25) is 0 Å². The lowest BCUT2D eigenvalue weighted by atomic mass is 9.94. The van der Waals surface area contributed by atoms with Crippen molar-refractivity contribution in [3.05, 3.63) is 0 Å². The SMILES string of the molecule is CNC(C1CCCN(C)C1)N1CCNCC1. The van der Waals surface area contributed by atoms with Crippen LogP contribution < -0.4 is 10.6 Å². The van der Waals surface area contributed by atoms with E-state index in [-0.39, 0.29) is 0 Å². The topological polar surface area (TPSA) is 30.5 Å². The van der Waals surface area contributed by atoms with E-state index in [0.29, 0.717) is 6.17 Å². The molecule has 0 radical (unpaired) electrons. The Morgan fingerprint density at radius 2 is 2.00 bits per heavy atom. The first-order valence-electron chi connectivity index (χ1n) is 6.62. The van der Waals surface area contributed by atoms with Crippen LogP contribution in [-0.2, 0) is 0 Å². The molecule has 2 atom stereocenters. The Balaban J connectivity index is 1.91. The predicted octanol–water partition coefficient (Wildman–Crippen LogP) is -0.221. The summed E-state index contributed by atoms with van der Waals surface area (Å²) in [6, 6.07) is 0. The highest BCUT2D eigenvalue weighted by molar-refractivity contribution is 4.83. The molecule has 2 N–H and O–H groups in total. The fourth-order valence-electron chi connectivity index (χ4n) is 3.14. The molecule has 0 aliphatic carbocycles. The Labute approximate surface area is 99.4 Å². The summed E-state index contributed by atoms with van der Waals surface area (Å²) >= 11 is 0. The van der Waals surface area contributed by atoms with Gasteiger partial charge in [0.05, 0.1) is 6.17 Å². The van der Waals surface area contributed by atoms with Gasteiger partial charge in [-0.3, -0.25) is 4.90 Å². The molecule has 94 valence electrons. The number of piperidine rings is 1. The van der Waals surface area contributed by atoms with Crippen LogP contribution in [0.15, 0.2) is 0 Å². The summed E-state index contributed by atoms with van der Waals surface area (Å²) in [6.45, 7) is 7.17. The summed E-state index contributed by atoms with van der Waals surface area (Å²) in [4.78, 5) is 5.08. The van der Waals surface area contributed by atoms with E-state index >= 15 is 0 Å². The lowest BCUT2D eigenvalue weighted by Gasteiger charge is -2.42. The van der Waals surface area contributed by atoms with E-state index in [9.17, 15) is 0 Å². The van der Waals surface area contributed by atoms with Crippen LogP contribution in [0.2, 0.25) is 0 Å². The molecular weight excluding hydrogens is 200 g/mol. The Morgan fingerprint density at radius 3 is 2.62 bits per heavy atom. The van der Waals surface area contributed by atoms with Crippen molar-refractivity contribution in [2.24, 2.45) is 5.92 Å². The van der Waals surface area contributed by atoms with Gasteiger partial charge in [-0.15, -0.1) is 0 Å². The third-order valence-electron chi connectivity index (χ3n) is 3.95. The largest absolute Gasteiger partial charge is 0.314 e. The van der Waals surface area contributed by atoms with Crippen LogP contribution in [0.1, 0.15) is 12.8 Å². The molecule has 2 fully saturated rings. The van der Waals surface area contributed by atoms with Crippen molar-refractivity contribution in [1.82, 2.24) is 20.4 Å². The van der Waals surface area contributed by atoms with Crippen LogP contribution in [-0.4, -0.2) is 69.3 Å². The van der Waals surface area contributed by atoms with E-state index in [1.165, 1.54) is 39.0 Å². The quantitative estimate of drug-likeness (QED) is 0.696. The Hall–Kier alpha value is -0.160. The Bertz CT molecular complexity index is 203. The average Bonchev–Trinajstić information content (AvgIpc) is 2.31. The van der Waals surface area contributed by atoms with Gasteiger partial charge in [0.15, 0.2) is 0 Å². The number of nitrogens with one attached hydrogen (secondary N) is 2. The van der Waals surface area contributed by atoms with Gasteiger partial charge < -0.3 is 15.5 Å². The molecule has 0 spiro atoms. The molecule has 4 nitrogen and oxygen atoms in total. The molecule has 2 rings (SSSR count). The van der Waals surface area contributed by atoms with Crippen molar-refractivity contribution < 1.29 is 0 Å². The molecule has 0 aromatic rings. The van der Waals surface area contributed by atoms with Gasteiger partial charge in [-0.25, -0.2) is 0 Å². The summed E-state index contributed by atoms with van der Waals surface area (Å²) in [7, 11) is 4.36. The third kappa shape index (κ3) is 2.94. The van der Waals surface area contributed by atoms with Crippen molar-refractivity contribution >= 4 is 0 Å². The zero-order chi connectivity index (χ0) is 11.4. The lowest BCUT2D eigenvalue weighted by Crippen LogP contribution is -2.58. The molecule has 2 aliphatic heterocycles. The number of hydrogen-bond donors (Lipinski definition) is 2. The van der Waals surface area contributed by atoms with E-state index in [1.807, 2.05) is 0 Å². The van der Waals surface area contributed by atoms with Crippen molar-refractivity contribution in [3.63, 3.8) is 0 Å². The Morgan fingerprint density at radius 1 is 1.25 bits per heavy atom. The second-order valence-electron chi connectivity index (χ2n) is 5.18. The molecule has 0 bridgehead atoms. The predicted molar refractivity (Wildman–Crippen MR) is 67.5 cm³/mol. The molecule has 0 saturated carbocycles. The minimum atomic E-state index is 0.574. The summed E-state index contributed by atoms with van der Waals surface area (Å²) in [5, 5.41) is 6.96. The van der Waals surface area contributed by atoms with Gasteiger partial charge in [0.1, 0.15) is 0 Å². The van der Waals surface area contributed by atoms with Gasteiger partial charge in [-0.05, 0) is 33.5 Å². The molecule has 0 aromatic carbocycles. The van der Waals surface area contributed by atoms with Crippen LogP contribution in [0.3, 0.4) is 0 Å². The van der Waals surface area contributed by atoms with Crippen molar-refractivity contribution in [3.8, 4) is 0 Å². The first kappa shape index (κ1) is 12.3. The highest BCUT2D eigenvalue weighted by atomic mass is 15.3. The molecule has 0 amide bonds. The third-order valence-corrected chi connectivity index (χ3v) is 3.95. The van der Waals surface area contributed by atoms with E-state index in [1.54, 1.807) is 0 Å². The monoisotopic (exact) mass is 226 g/mol. The van der Waals surface area contributed by atoms with Crippen LogP contribution >= 0.6 is 0 Å². The Kier molecular flexibility index (Phi) is 4.58. The van der Waals surface area contributed by atoms with E-state index in [0.717, 1.165) is 19.0 Å². The first-order valence-corrected chi connectivity index (χ1v) is 6.62. The van der Waals surface area contributed by atoms with Crippen molar-refractivity contribution in [1.29, 1.82) is 0 Å². The molecule has 2 heterocycles. The smallest absolute Gasteiger partial charge is 0.0636 e. The molecule has 0 aromatic heterocycles. The van der Waals surface area contributed by atoms with Crippen LogP contribution in [0.4, 0.5) is 0 Å². The zero-order valence-corrected chi connectivity index (χ0v) is 10.7. The molecule has 2 aliphatic rings. The number of likely N-dealkylation sites (tertiary alicyclic amines) is 1. The van der Waals surface area contributed by atoms with Crippen molar-refractivity contribution in [2.75, 3.05) is 53.4 Å². The fourth-order valence-corrected chi connectivity index (χ4v) is 3.14. The van der Waals surface area contributed by atoms with Gasteiger partial charge in [0, 0.05) is 38.6 Å². The van der Waals surface area contributed by atoms with Crippen molar-refractivity contribution in [2.45, 2.75) is 19.0 Å². The number of hydrogen-bond acceptors (Lipinski definition) is 4. The van der Waals surface area contributed by atoms with E-state index < -0.39 is 0 Å². The number of piperazine rings is 1. The molecule has 16 heavy (non-hydrogen) atoms. The highest BCUT2D eigenvalue weighted by Gasteiger charge is 2.29. The molecular formula is C12H26N4.